The Bertz CT molecular complexity index is 638. The fraction of sp³-hybridized carbons (Fsp3) is 0.286. The van der Waals surface area contributed by atoms with Gasteiger partial charge in [0.1, 0.15) is 5.01 Å². The molecule has 0 aliphatic carbocycles. The standard InChI is InChI=1S/C14H16N4S/c1-18-10-11(8-16-18)6-7-15-9-14-17-12-4-2-3-5-13(12)19-14/h2-5,8,10,15H,6-7,9H2,1H3. The van der Waals surface area contributed by atoms with Crippen LogP contribution in [0.5, 0.6) is 0 Å². The molecule has 0 aliphatic rings. The summed E-state index contributed by atoms with van der Waals surface area (Å²) in [6, 6.07) is 8.26. The van der Waals surface area contributed by atoms with Gasteiger partial charge >= 0.3 is 0 Å². The SMILES string of the molecule is Cn1cc(CCNCc2nc3ccccc3s2)cn1. The molecule has 4 nitrogen and oxygen atoms in total. The Labute approximate surface area is 116 Å². The van der Waals surface area contributed by atoms with Gasteiger partial charge in [0.15, 0.2) is 0 Å². The van der Waals surface area contributed by atoms with E-state index in [-0.39, 0.29) is 0 Å². The number of nitrogens with one attached hydrogen (secondary N) is 1. The van der Waals surface area contributed by atoms with Gasteiger partial charge in [0, 0.05) is 19.8 Å². The minimum atomic E-state index is 0.833. The quantitative estimate of drug-likeness (QED) is 0.725. The van der Waals surface area contributed by atoms with Gasteiger partial charge in [-0.2, -0.15) is 5.10 Å². The lowest BCUT2D eigenvalue weighted by molar-refractivity contribution is 0.684. The molecule has 0 spiro atoms. The van der Waals surface area contributed by atoms with Crippen LogP contribution in [0.1, 0.15) is 10.6 Å². The second-order valence-corrected chi connectivity index (χ2v) is 5.64. The summed E-state index contributed by atoms with van der Waals surface area (Å²) in [5.41, 5.74) is 2.36. The molecular weight excluding hydrogens is 256 g/mol. The molecule has 0 aliphatic heterocycles. The predicted octanol–water partition coefficient (Wildman–Crippen LogP) is 2.36. The second kappa shape index (κ2) is 5.50. The molecule has 0 atom stereocenters. The van der Waals surface area contributed by atoms with Crippen LogP contribution < -0.4 is 5.32 Å². The number of fused-ring (bicyclic) bond motifs is 1. The third kappa shape index (κ3) is 3.00. The van der Waals surface area contributed by atoms with Crippen molar-refractivity contribution in [3.63, 3.8) is 0 Å². The summed E-state index contributed by atoms with van der Waals surface area (Å²) in [7, 11) is 1.94. The van der Waals surface area contributed by atoms with E-state index in [9.17, 15) is 0 Å². The van der Waals surface area contributed by atoms with Crippen LogP contribution in [0.15, 0.2) is 36.7 Å². The zero-order valence-corrected chi connectivity index (χ0v) is 11.7. The number of hydrogen-bond acceptors (Lipinski definition) is 4. The molecule has 3 aromatic rings. The summed E-state index contributed by atoms with van der Waals surface area (Å²) in [6.07, 6.45) is 4.97. The van der Waals surface area contributed by atoms with Gasteiger partial charge < -0.3 is 5.32 Å². The molecule has 0 saturated heterocycles. The Balaban J connectivity index is 1.52. The Hall–Kier alpha value is -1.72. The first-order valence-electron chi connectivity index (χ1n) is 6.34. The zero-order valence-electron chi connectivity index (χ0n) is 10.8. The molecule has 0 bridgehead atoms. The normalized spacial score (nSPS) is 11.2. The molecule has 1 aromatic carbocycles. The van der Waals surface area contributed by atoms with Crippen LogP contribution in [-0.4, -0.2) is 21.3 Å². The van der Waals surface area contributed by atoms with Crippen molar-refractivity contribution in [2.45, 2.75) is 13.0 Å². The molecule has 2 aromatic heterocycles. The fourth-order valence-electron chi connectivity index (χ4n) is 2.02. The van der Waals surface area contributed by atoms with Crippen LogP contribution in [0.25, 0.3) is 10.2 Å². The highest BCUT2D eigenvalue weighted by Crippen LogP contribution is 2.21. The number of para-hydroxylation sites is 1. The van der Waals surface area contributed by atoms with E-state index < -0.39 is 0 Å². The van der Waals surface area contributed by atoms with Crippen LogP contribution in [0.3, 0.4) is 0 Å². The molecular formula is C14H16N4S. The molecule has 0 unspecified atom stereocenters. The average molecular weight is 272 g/mol. The number of hydrogen-bond donors (Lipinski definition) is 1. The zero-order chi connectivity index (χ0) is 13.1. The Morgan fingerprint density at radius 2 is 2.21 bits per heavy atom. The molecule has 2 heterocycles. The van der Waals surface area contributed by atoms with Crippen molar-refractivity contribution < 1.29 is 0 Å². The molecule has 19 heavy (non-hydrogen) atoms. The smallest absolute Gasteiger partial charge is 0.108 e. The van der Waals surface area contributed by atoms with Crippen molar-refractivity contribution in [3.05, 3.63) is 47.2 Å². The Kier molecular flexibility index (Phi) is 3.57. The maximum atomic E-state index is 4.60. The van der Waals surface area contributed by atoms with Crippen LogP contribution in [0.2, 0.25) is 0 Å². The van der Waals surface area contributed by atoms with Crippen LogP contribution >= 0.6 is 11.3 Å². The minimum absolute atomic E-state index is 0.833. The van der Waals surface area contributed by atoms with Crippen molar-refractivity contribution in [3.8, 4) is 0 Å². The first-order chi connectivity index (χ1) is 9.31. The highest BCUT2D eigenvalue weighted by atomic mass is 32.1. The van der Waals surface area contributed by atoms with Gasteiger partial charge in [-0.3, -0.25) is 4.68 Å². The molecule has 0 radical (unpaired) electrons. The predicted molar refractivity (Wildman–Crippen MR) is 78.2 cm³/mol. The van der Waals surface area contributed by atoms with Crippen LogP contribution in [0.4, 0.5) is 0 Å². The monoisotopic (exact) mass is 272 g/mol. The number of nitrogens with zero attached hydrogens (tertiary/aromatic N) is 3. The van der Waals surface area contributed by atoms with Gasteiger partial charge in [-0.15, -0.1) is 11.3 Å². The van der Waals surface area contributed by atoms with Gasteiger partial charge in [0.25, 0.3) is 0 Å². The molecule has 0 saturated carbocycles. The number of aromatic nitrogens is 3. The van der Waals surface area contributed by atoms with E-state index in [0.29, 0.717) is 0 Å². The lowest BCUT2D eigenvalue weighted by Crippen LogP contribution is -2.16. The first kappa shape index (κ1) is 12.3. The van der Waals surface area contributed by atoms with E-state index in [0.717, 1.165) is 30.0 Å². The maximum Gasteiger partial charge on any atom is 0.108 e. The number of thiazole rings is 1. The lowest BCUT2D eigenvalue weighted by atomic mass is 10.2. The summed E-state index contributed by atoms with van der Waals surface area (Å²) in [4.78, 5) is 4.60. The topological polar surface area (TPSA) is 42.7 Å². The third-order valence-corrected chi connectivity index (χ3v) is 4.00. The Morgan fingerprint density at radius 1 is 1.32 bits per heavy atom. The van der Waals surface area contributed by atoms with Crippen molar-refractivity contribution in [1.29, 1.82) is 0 Å². The van der Waals surface area contributed by atoms with E-state index in [1.165, 1.54) is 10.3 Å². The highest BCUT2D eigenvalue weighted by molar-refractivity contribution is 7.18. The van der Waals surface area contributed by atoms with Crippen molar-refractivity contribution in [2.75, 3.05) is 6.54 Å². The molecule has 1 N–H and O–H groups in total. The lowest BCUT2D eigenvalue weighted by Gasteiger charge is -2.00. The molecule has 5 heteroatoms. The average Bonchev–Trinajstić information content (AvgIpc) is 3.00. The van der Waals surface area contributed by atoms with E-state index in [2.05, 4.69) is 39.8 Å². The van der Waals surface area contributed by atoms with E-state index in [1.54, 1.807) is 11.3 Å². The van der Waals surface area contributed by atoms with Gasteiger partial charge in [-0.05, 0) is 30.7 Å². The van der Waals surface area contributed by atoms with Gasteiger partial charge in [-0.1, -0.05) is 12.1 Å². The number of rotatable bonds is 5. The van der Waals surface area contributed by atoms with Crippen LogP contribution in [0, 0.1) is 0 Å². The van der Waals surface area contributed by atoms with E-state index >= 15 is 0 Å². The summed E-state index contributed by atoms with van der Waals surface area (Å²) < 4.78 is 3.09. The summed E-state index contributed by atoms with van der Waals surface area (Å²) in [5.74, 6) is 0. The van der Waals surface area contributed by atoms with Crippen LogP contribution in [-0.2, 0) is 20.0 Å². The van der Waals surface area contributed by atoms with Crippen molar-refractivity contribution in [1.82, 2.24) is 20.1 Å². The summed E-state index contributed by atoms with van der Waals surface area (Å²) in [5, 5.41) is 8.74. The first-order valence-corrected chi connectivity index (χ1v) is 7.15. The highest BCUT2D eigenvalue weighted by Gasteiger charge is 2.02. The van der Waals surface area contributed by atoms with Gasteiger partial charge in [0.05, 0.1) is 16.4 Å². The minimum Gasteiger partial charge on any atom is -0.310 e. The maximum absolute atomic E-state index is 4.60. The molecule has 3 rings (SSSR count). The van der Waals surface area contributed by atoms with E-state index in [1.807, 2.05) is 24.0 Å². The van der Waals surface area contributed by atoms with Crippen molar-refractivity contribution >= 4 is 21.6 Å². The molecule has 0 fully saturated rings. The van der Waals surface area contributed by atoms with Crippen molar-refractivity contribution in [2.24, 2.45) is 7.05 Å². The third-order valence-electron chi connectivity index (χ3n) is 2.96. The van der Waals surface area contributed by atoms with Gasteiger partial charge in [0.2, 0.25) is 0 Å². The summed E-state index contributed by atoms with van der Waals surface area (Å²) >= 11 is 1.76. The van der Waals surface area contributed by atoms with E-state index in [4.69, 9.17) is 0 Å². The summed E-state index contributed by atoms with van der Waals surface area (Å²) in [6.45, 7) is 1.78. The Morgan fingerprint density at radius 3 is 3.00 bits per heavy atom. The second-order valence-electron chi connectivity index (χ2n) is 4.52. The molecule has 0 amide bonds. The fourth-order valence-corrected chi connectivity index (χ4v) is 2.96. The van der Waals surface area contributed by atoms with Gasteiger partial charge in [-0.25, -0.2) is 4.98 Å². The number of aryl methyl sites for hydroxylation is 1. The molecule has 98 valence electrons. The number of benzene rings is 1. The largest absolute Gasteiger partial charge is 0.310 e.